The molecule has 0 aliphatic carbocycles. The van der Waals surface area contributed by atoms with E-state index in [1.807, 2.05) is 34.5 Å². The van der Waals surface area contributed by atoms with Crippen molar-refractivity contribution < 1.29 is 4.79 Å². The van der Waals surface area contributed by atoms with E-state index in [2.05, 4.69) is 17.4 Å². The van der Waals surface area contributed by atoms with Gasteiger partial charge in [-0.15, -0.1) is 11.3 Å². The van der Waals surface area contributed by atoms with Crippen LogP contribution in [0.25, 0.3) is 0 Å². The molecule has 0 spiro atoms. The molecule has 2 amide bonds. The van der Waals surface area contributed by atoms with Crippen LogP contribution in [-0.4, -0.2) is 24.0 Å². The molecule has 1 aromatic carbocycles. The summed E-state index contributed by atoms with van der Waals surface area (Å²) in [6, 6.07) is 12.1. The molecule has 3 rings (SSSR count). The lowest BCUT2D eigenvalue weighted by Gasteiger charge is -2.25. The number of likely N-dealkylation sites (tertiary alicyclic amines) is 1. The van der Waals surface area contributed by atoms with Gasteiger partial charge in [0.2, 0.25) is 0 Å². The van der Waals surface area contributed by atoms with Crippen molar-refractivity contribution in [2.24, 2.45) is 0 Å². The minimum Gasteiger partial charge on any atom is -0.333 e. The molecule has 122 valence electrons. The Balaban J connectivity index is 1.62. The van der Waals surface area contributed by atoms with Crippen molar-refractivity contribution in [1.82, 2.24) is 10.2 Å². The van der Waals surface area contributed by atoms with Crippen LogP contribution in [0.15, 0.2) is 41.8 Å². The van der Waals surface area contributed by atoms with Crippen molar-refractivity contribution in [2.75, 3.05) is 13.1 Å². The molecular weight excluding hydrogens is 328 g/mol. The van der Waals surface area contributed by atoms with Crippen molar-refractivity contribution in [2.45, 2.75) is 31.7 Å². The maximum Gasteiger partial charge on any atom is 0.317 e. The fourth-order valence-electron chi connectivity index (χ4n) is 3.02. The standard InChI is InChI=1S/C18H21ClN2OS/c19-16-8-6-14(7-9-16)15-4-1-2-10-21(13-15)18(22)20-12-17-5-3-11-23-17/h3,5-9,11,15H,1-2,4,10,12-13H2,(H,20,22)/t15-/m0/s1. The molecule has 1 aromatic heterocycles. The highest BCUT2D eigenvalue weighted by molar-refractivity contribution is 7.09. The normalized spacial score (nSPS) is 18.5. The number of hydrogen-bond acceptors (Lipinski definition) is 2. The quantitative estimate of drug-likeness (QED) is 0.842. The Hall–Kier alpha value is -1.52. The molecule has 1 fully saturated rings. The van der Waals surface area contributed by atoms with Crippen LogP contribution < -0.4 is 5.32 Å². The van der Waals surface area contributed by atoms with Gasteiger partial charge in [0.15, 0.2) is 0 Å². The lowest BCUT2D eigenvalue weighted by atomic mass is 9.94. The van der Waals surface area contributed by atoms with Gasteiger partial charge in [0, 0.05) is 28.9 Å². The predicted octanol–water partition coefficient (Wildman–Crippen LogP) is 4.88. The zero-order valence-electron chi connectivity index (χ0n) is 13.0. The van der Waals surface area contributed by atoms with Crippen LogP contribution >= 0.6 is 22.9 Å². The smallest absolute Gasteiger partial charge is 0.317 e. The molecule has 2 aromatic rings. The Morgan fingerprint density at radius 3 is 2.83 bits per heavy atom. The largest absolute Gasteiger partial charge is 0.333 e. The third kappa shape index (κ3) is 4.49. The Kier molecular flexibility index (Phi) is 5.57. The molecule has 23 heavy (non-hydrogen) atoms. The monoisotopic (exact) mass is 348 g/mol. The highest BCUT2D eigenvalue weighted by Gasteiger charge is 2.23. The van der Waals surface area contributed by atoms with Crippen LogP contribution in [0.2, 0.25) is 5.02 Å². The number of hydrogen-bond donors (Lipinski definition) is 1. The molecule has 0 unspecified atom stereocenters. The number of benzene rings is 1. The number of carbonyl (C=O) groups excluding carboxylic acids is 1. The second kappa shape index (κ2) is 7.84. The van der Waals surface area contributed by atoms with Gasteiger partial charge in [0.05, 0.1) is 6.54 Å². The van der Waals surface area contributed by atoms with Gasteiger partial charge in [-0.05, 0) is 42.0 Å². The SMILES string of the molecule is O=C(NCc1cccs1)N1CCCC[C@H](c2ccc(Cl)cc2)C1. The average Bonchev–Trinajstić information content (AvgIpc) is 2.96. The Morgan fingerprint density at radius 1 is 1.26 bits per heavy atom. The number of thiophene rings is 1. The van der Waals surface area contributed by atoms with E-state index in [1.165, 1.54) is 10.4 Å². The molecule has 0 bridgehead atoms. The fourth-order valence-corrected chi connectivity index (χ4v) is 3.79. The van der Waals surface area contributed by atoms with Crippen LogP contribution in [0.3, 0.4) is 0 Å². The van der Waals surface area contributed by atoms with E-state index in [0.29, 0.717) is 12.5 Å². The average molecular weight is 349 g/mol. The van der Waals surface area contributed by atoms with E-state index in [-0.39, 0.29) is 6.03 Å². The molecule has 0 saturated carbocycles. The predicted molar refractivity (Wildman–Crippen MR) is 96.2 cm³/mol. The van der Waals surface area contributed by atoms with E-state index in [4.69, 9.17) is 11.6 Å². The van der Waals surface area contributed by atoms with Gasteiger partial charge < -0.3 is 10.2 Å². The lowest BCUT2D eigenvalue weighted by molar-refractivity contribution is 0.197. The zero-order valence-corrected chi connectivity index (χ0v) is 14.6. The first-order valence-electron chi connectivity index (χ1n) is 8.03. The summed E-state index contributed by atoms with van der Waals surface area (Å²) in [6.07, 6.45) is 3.34. The zero-order chi connectivity index (χ0) is 16.1. The van der Waals surface area contributed by atoms with Crippen LogP contribution in [0.5, 0.6) is 0 Å². The summed E-state index contributed by atoms with van der Waals surface area (Å²) in [7, 11) is 0. The molecule has 2 heterocycles. The number of carbonyl (C=O) groups is 1. The summed E-state index contributed by atoms with van der Waals surface area (Å²) in [5, 5.41) is 5.83. The minimum atomic E-state index is 0.0410. The Labute approximate surface area is 146 Å². The summed E-state index contributed by atoms with van der Waals surface area (Å²) < 4.78 is 0. The first-order valence-corrected chi connectivity index (χ1v) is 9.29. The van der Waals surface area contributed by atoms with Gasteiger partial charge in [-0.25, -0.2) is 4.79 Å². The molecule has 1 N–H and O–H groups in total. The molecule has 5 heteroatoms. The van der Waals surface area contributed by atoms with Crippen LogP contribution in [0.1, 0.15) is 35.6 Å². The molecule has 3 nitrogen and oxygen atoms in total. The van der Waals surface area contributed by atoms with E-state index in [9.17, 15) is 4.79 Å². The van der Waals surface area contributed by atoms with Crippen molar-refractivity contribution >= 4 is 29.0 Å². The van der Waals surface area contributed by atoms with Crippen LogP contribution in [0, 0.1) is 0 Å². The number of halogens is 1. The van der Waals surface area contributed by atoms with Gasteiger partial charge in [-0.1, -0.05) is 36.2 Å². The molecule has 1 aliphatic rings. The number of amides is 2. The number of nitrogens with zero attached hydrogens (tertiary/aromatic N) is 1. The van der Waals surface area contributed by atoms with Crippen molar-refractivity contribution in [3.8, 4) is 0 Å². The lowest BCUT2D eigenvalue weighted by Crippen LogP contribution is -2.41. The summed E-state index contributed by atoms with van der Waals surface area (Å²) in [5.41, 5.74) is 1.27. The first-order chi connectivity index (χ1) is 11.2. The molecule has 1 atom stereocenters. The Bertz CT molecular complexity index is 627. The van der Waals surface area contributed by atoms with Gasteiger partial charge in [0.1, 0.15) is 0 Å². The molecule has 1 saturated heterocycles. The van der Waals surface area contributed by atoms with E-state index in [1.54, 1.807) is 11.3 Å². The maximum absolute atomic E-state index is 12.5. The summed E-state index contributed by atoms with van der Waals surface area (Å²) in [6.45, 7) is 2.22. The fraction of sp³-hybridized carbons (Fsp3) is 0.389. The van der Waals surface area contributed by atoms with Gasteiger partial charge >= 0.3 is 6.03 Å². The highest BCUT2D eigenvalue weighted by Crippen LogP contribution is 2.27. The summed E-state index contributed by atoms with van der Waals surface area (Å²) >= 11 is 7.65. The van der Waals surface area contributed by atoms with Gasteiger partial charge in [0.25, 0.3) is 0 Å². The van der Waals surface area contributed by atoms with E-state index < -0.39 is 0 Å². The summed E-state index contributed by atoms with van der Waals surface area (Å²) in [4.78, 5) is 15.6. The molecular formula is C18H21ClN2OS. The van der Waals surface area contributed by atoms with Crippen LogP contribution in [0.4, 0.5) is 4.79 Å². The van der Waals surface area contributed by atoms with Gasteiger partial charge in [-0.2, -0.15) is 0 Å². The maximum atomic E-state index is 12.5. The third-order valence-corrected chi connectivity index (χ3v) is 5.42. The molecule has 0 radical (unpaired) electrons. The van der Waals surface area contributed by atoms with Crippen molar-refractivity contribution in [3.63, 3.8) is 0 Å². The third-order valence-electron chi connectivity index (χ3n) is 4.29. The minimum absolute atomic E-state index is 0.0410. The number of rotatable bonds is 3. The van der Waals surface area contributed by atoms with Crippen molar-refractivity contribution in [1.29, 1.82) is 0 Å². The van der Waals surface area contributed by atoms with E-state index >= 15 is 0 Å². The highest BCUT2D eigenvalue weighted by atomic mass is 35.5. The van der Waals surface area contributed by atoms with E-state index in [0.717, 1.165) is 37.4 Å². The topological polar surface area (TPSA) is 32.3 Å². The van der Waals surface area contributed by atoms with Crippen molar-refractivity contribution in [3.05, 3.63) is 57.2 Å². The Morgan fingerprint density at radius 2 is 2.09 bits per heavy atom. The van der Waals surface area contributed by atoms with Crippen LogP contribution in [-0.2, 0) is 6.54 Å². The van der Waals surface area contributed by atoms with Gasteiger partial charge in [-0.3, -0.25) is 0 Å². The number of nitrogens with one attached hydrogen (secondary N) is 1. The second-order valence-corrected chi connectivity index (χ2v) is 7.40. The summed E-state index contributed by atoms with van der Waals surface area (Å²) in [5.74, 6) is 0.391. The second-order valence-electron chi connectivity index (χ2n) is 5.93. The number of urea groups is 1. The first kappa shape index (κ1) is 16.3. The molecule has 1 aliphatic heterocycles.